The quantitative estimate of drug-likeness (QED) is 0.691. The zero-order valence-electron chi connectivity index (χ0n) is 16.9. The Morgan fingerprint density at radius 3 is 1.86 bits per heavy atom. The first-order chi connectivity index (χ1) is 13.2. The molecule has 2 rings (SSSR count). The molecule has 0 saturated heterocycles. The van der Waals surface area contributed by atoms with Gasteiger partial charge in [0.25, 0.3) is 5.91 Å². The van der Waals surface area contributed by atoms with Gasteiger partial charge in [-0.1, -0.05) is 33.8 Å². The Labute approximate surface area is 165 Å². The van der Waals surface area contributed by atoms with E-state index in [1.54, 1.807) is 30.3 Å². The molecule has 0 aliphatic rings. The third-order valence-electron chi connectivity index (χ3n) is 4.14. The van der Waals surface area contributed by atoms with Crippen molar-refractivity contribution < 1.29 is 14.4 Å². The SMILES string of the molecule is Cc1ccc(NC(=O)c2ccc(NC(=O)C(C)C)cc2)c(NC(=O)C(C)C)c1. The van der Waals surface area contributed by atoms with Crippen molar-refractivity contribution in [3.05, 3.63) is 53.6 Å². The van der Waals surface area contributed by atoms with Gasteiger partial charge in [-0.2, -0.15) is 0 Å². The van der Waals surface area contributed by atoms with E-state index in [-0.39, 0.29) is 29.6 Å². The minimum atomic E-state index is -0.300. The molecule has 0 aliphatic heterocycles. The van der Waals surface area contributed by atoms with Crippen molar-refractivity contribution in [1.29, 1.82) is 0 Å². The summed E-state index contributed by atoms with van der Waals surface area (Å²) in [5.41, 5.74) is 3.15. The Bertz CT molecular complexity index is 871. The molecule has 0 radical (unpaired) electrons. The molecule has 0 unspecified atom stereocenters. The van der Waals surface area contributed by atoms with Crippen molar-refractivity contribution in [2.24, 2.45) is 11.8 Å². The molecule has 3 amide bonds. The third kappa shape index (κ3) is 5.67. The summed E-state index contributed by atoms with van der Waals surface area (Å²) in [5.74, 6) is -0.791. The van der Waals surface area contributed by atoms with Crippen molar-refractivity contribution in [3.63, 3.8) is 0 Å². The molecule has 0 aliphatic carbocycles. The van der Waals surface area contributed by atoms with Crippen molar-refractivity contribution >= 4 is 34.8 Å². The lowest BCUT2D eigenvalue weighted by Crippen LogP contribution is -2.20. The van der Waals surface area contributed by atoms with Crippen molar-refractivity contribution in [2.75, 3.05) is 16.0 Å². The van der Waals surface area contributed by atoms with E-state index in [0.717, 1.165) is 5.56 Å². The van der Waals surface area contributed by atoms with Crippen LogP contribution in [0.25, 0.3) is 0 Å². The maximum atomic E-state index is 12.6. The van der Waals surface area contributed by atoms with Crippen LogP contribution in [0.5, 0.6) is 0 Å². The van der Waals surface area contributed by atoms with Gasteiger partial charge in [-0.15, -0.1) is 0 Å². The lowest BCUT2D eigenvalue weighted by Gasteiger charge is -2.15. The zero-order valence-corrected chi connectivity index (χ0v) is 16.9. The van der Waals surface area contributed by atoms with E-state index in [2.05, 4.69) is 16.0 Å². The van der Waals surface area contributed by atoms with Crippen LogP contribution in [0.3, 0.4) is 0 Å². The third-order valence-corrected chi connectivity index (χ3v) is 4.14. The van der Waals surface area contributed by atoms with Gasteiger partial charge in [-0.25, -0.2) is 0 Å². The molecule has 3 N–H and O–H groups in total. The summed E-state index contributed by atoms with van der Waals surface area (Å²) in [7, 11) is 0. The molecule has 28 heavy (non-hydrogen) atoms. The molecule has 6 nitrogen and oxygen atoms in total. The number of carbonyl (C=O) groups excluding carboxylic acids is 3. The molecule has 0 saturated carbocycles. The monoisotopic (exact) mass is 381 g/mol. The summed E-state index contributed by atoms with van der Waals surface area (Å²) < 4.78 is 0. The van der Waals surface area contributed by atoms with E-state index in [1.807, 2.05) is 46.8 Å². The van der Waals surface area contributed by atoms with Crippen molar-refractivity contribution in [3.8, 4) is 0 Å². The number of anilines is 3. The lowest BCUT2D eigenvalue weighted by molar-refractivity contribution is -0.119. The molecular formula is C22H27N3O3. The van der Waals surface area contributed by atoms with Gasteiger partial charge >= 0.3 is 0 Å². The van der Waals surface area contributed by atoms with Crippen LogP contribution in [0.1, 0.15) is 43.6 Å². The van der Waals surface area contributed by atoms with Crippen molar-refractivity contribution in [1.82, 2.24) is 0 Å². The van der Waals surface area contributed by atoms with E-state index in [4.69, 9.17) is 0 Å². The minimum Gasteiger partial charge on any atom is -0.326 e. The van der Waals surface area contributed by atoms with E-state index < -0.39 is 0 Å². The highest BCUT2D eigenvalue weighted by atomic mass is 16.2. The fraction of sp³-hybridized carbons (Fsp3) is 0.318. The van der Waals surface area contributed by atoms with Gasteiger partial charge < -0.3 is 16.0 Å². The molecule has 2 aromatic carbocycles. The van der Waals surface area contributed by atoms with Crippen LogP contribution in [0, 0.1) is 18.8 Å². The number of hydrogen-bond acceptors (Lipinski definition) is 3. The standard InChI is InChI=1S/C22H27N3O3/c1-13(2)20(26)23-17-9-7-16(8-10-17)22(28)24-18-11-6-15(5)12-19(18)25-21(27)14(3)4/h6-14H,1-5H3,(H,23,26)(H,24,28)(H,25,27). The van der Waals surface area contributed by atoms with Gasteiger partial charge in [0, 0.05) is 23.1 Å². The normalized spacial score (nSPS) is 10.7. The Morgan fingerprint density at radius 2 is 1.29 bits per heavy atom. The number of nitrogens with one attached hydrogen (secondary N) is 3. The summed E-state index contributed by atoms with van der Waals surface area (Å²) in [5, 5.41) is 8.47. The first kappa shape index (κ1) is 21.2. The van der Waals surface area contributed by atoms with E-state index in [1.165, 1.54) is 0 Å². The molecule has 2 aromatic rings. The largest absolute Gasteiger partial charge is 0.326 e. The average molecular weight is 381 g/mol. The highest BCUT2D eigenvalue weighted by Crippen LogP contribution is 2.24. The maximum absolute atomic E-state index is 12.6. The molecule has 148 valence electrons. The summed E-state index contributed by atoms with van der Waals surface area (Å²) in [6.07, 6.45) is 0. The fourth-order valence-electron chi connectivity index (χ4n) is 2.33. The number of benzene rings is 2. The smallest absolute Gasteiger partial charge is 0.255 e. The predicted molar refractivity (Wildman–Crippen MR) is 113 cm³/mol. The average Bonchev–Trinajstić information content (AvgIpc) is 2.64. The van der Waals surface area contributed by atoms with Crippen LogP contribution >= 0.6 is 0 Å². The highest BCUT2D eigenvalue weighted by Gasteiger charge is 2.14. The predicted octanol–water partition coefficient (Wildman–Crippen LogP) is 4.44. The molecule has 0 atom stereocenters. The van der Waals surface area contributed by atoms with Crippen LogP contribution in [0.2, 0.25) is 0 Å². The molecule has 0 aromatic heterocycles. The Morgan fingerprint density at radius 1 is 0.714 bits per heavy atom. The summed E-state index contributed by atoms with van der Waals surface area (Å²) in [6.45, 7) is 9.16. The van der Waals surface area contributed by atoms with Crippen LogP contribution in [0.4, 0.5) is 17.1 Å². The van der Waals surface area contributed by atoms with E-state index >= 15 is 0 Å². The van der Waals surface area contributed by atoms with Gasteiger partial charge in [0.15, 0.2) is 0 Å². The number of hydrogen-bond donors (Lipinski definition) is 3. The van der Waals surface area contributed by atoms with Gasteiger partial charge in [-0.3, -0.25) is 14.4 Å². The zero-order chi connectivity index (χ0) is 20.8. The minimum absolute atomic E-state index is 0.0811. The maximum Gasteiger partial charge on any atom is 0.255 e. The second-order valence-corrected chi connectivity index (χ2v) is 7.37. The summed E-state index contributed by atoms with van der Waals surface area (Å²) >= 11 is 0. The molecular weight excluding hydrogens is 354 g/mol. The Balaban J connectivity index is 2.14. The fourth-order valence-corrected chi connectivity index (χ4v) is 2.33. The number of amides is 3. The number of rotatable bonds is 6. The Kier molecular flexibility index (Phi) is 6.93. The van der Waals surface area contributed by atoms with E-state index in [9.17, 15) is 14.4 Å². The second-order valence-electron chi connectivity index (χ2n) is 7.37. The number of aryl methyl sites for hydroxylation is 1. The molecule has 0 heterocycles. The number of carbonyl (C=O) groups is 3. The van der Waals surface area contributed by atoms with Gasteiger partial charge in [-0.05, 0) is 48.9 Å². The topological polar surface area (TPSA) is 87.3 Å². The summed E-state index contributed by atoms with van der Waals surface area (Å²) in [4.78, 5) is 36.4. The van der Waals surface area contributed by atoms with Crippen LogP contribution in [-0.2, 0) is 9.59 Å². The first-order valence-electron chi connectivity index (χ1n) is 9.31. The van der Waals surface area contributed by atoms with Gasteiger partial charge in [0.2, 0.25) is 11.8 Å². The Hall–Kier alpha value is -3.15. The highest BCUT2D eigenvalue weighted by molar-refractivity contribution is 6.07. The lowest BCUT2D eigenvalue weighted by atomic mass is 10.1. The van der Waals surface area contributed by atoms with Crippen LogP contribution in [0.15, 0.2) is 42.5 Å². The second kappa shape index (κ2) is 9.17. The van der Waals surface area contributed by atoms with E-state index in [0.29, 0.717) is 22.6 Å². The van der Waals surface area contributed by atoms with Gasteiger partial charge in [0.1, 0.15) is 0 Å². The van der Waals surface area contributed by atoms with Crippen LogP contribution < -0.4 is 16.0 Å². The molecule has 6 heteroatoms. The van der Waals surface area contributed by atoms with Crippen LogP contribution in [-0.4, -0.2) is 17.7 Å². The molecule has 0 spiro atoms. The summed E-state index contributed by atoms with van der Waals surface area (Å²) in [6, 6.07) is 12.1. The first-order valence-corrected chi connectivity index (χ1v) is 9.31. The van der Waals surface area contributed by atoms with Gasteiger partial charge in [0.05, 0.1) is 11.4 Å². The van der Waals surface area contributed by atoms with Crippen molar-refractivity contribution in [2.45, 2.75) is 34.6 Å². The molecule has 0 fully saturated rings. The molecule has 0 bridgehead atoms.